The fourth-order valence-corrected chi connectivity index (χ4v) is 2.64. The van der Waals surface area contributed by atoms with E-state index in [2.05, 4.69) is 0 Å². The number of amides is 1. The van der Waals surface area contributed by atoms with Crippen LogP contribution >= 0.6 is 0 Å². The van der Waals surface area contributed by atoms with E-state index in [1.54, 1.807) is 19.2 Å². The first-order valence-corrected chi connectivity index (χ1v) is 7.57. The number of fused-ring (bicyclic) bond motifs is 1. The van der Waals surface area contributed by atoms with Gasteiger partial charge in [0.15, 0.2) is 6.10 Å². The van der Waals surface area contributed by atoms with Gasteiger partial charge in [0.25, 0.3) is 5.91 Å². The molecule has 2 aromatic carbocycles. The zero-order chi connectivity index (χ0) is 16.4. The molecule has 0 aliphatic carbocycles. The quantitative estimate of drug-likeness (QED) is 0.943. The van der Waals surface area contributed by atoms with Crippen LogP contribution in [0.25, 0.3) is 0 Å². The highest BCUT2D eigenvalue weighted by Crippen LogP contribution is 2.36. The number of carbonyl (C=O) groups excluding carboxylic acids is 1. The van der Waals surface area contributed by atoms with E-state index in [1.165, 1.54) is 11.0 Å². The number of nitrogens with zero attached hydrogens (tertiary/aromatic N) is 1. The maximum absolute atomic E-state index is 12.5. The van der Waals surface area contributed by atoms with E-state index in [0.29, 0.717) is 24.5 Å². The van der Waals surface area contributed by atoms with Gasteiger partial charge < -0.3 is 19.5 Å². The molecule has 2 aromatic rings. The van der Waals surface area contributed by atoms with Crippen molar-refractivity contribution in [2.24, 2.45) is 0 Å². The van der Waals surface area contributed by atoms with Crippen LogP contribution in [0, 0.1) is 0 Å². The lowest BCUT2D eigenvalue weighted by molar-refractivity contribution is -0.125. The summed E-state index contributed by atoms with van der Waals surface area (Å²) >= 11 is 0. The molecule has 0 radical (unpaired) electrons. The van der Waals surface area contributed by atoms with Gasteiger partial charge >= 0.3 is 0 Å². The van der Waals surface area contributed by atoms with Crippen molar-refractivity contribution in [3.05, 3.63) is 48.0 Å². The molecule has 0 aromatic heterocycles. The number of aromatic hydroxyl groups is 1. The number of rotatable bonds is 4. The number of likely N-dealkylation sites (N-methyl/N-ethyl adjacent to an activating group) is 1. The number of ether oxygens (including phenoxy) is 2. The molecule has 23 heavy (non-hydrogen) atoms. The second-order valence-electron chi connectivity index (χ2n) is 5.44. The fraction of sp³-hybridized carbons (Fsp3) is 0.278. The summed E-state index contributed by atoms with van der Waals surface area (Å²) in [5.41, 5.74) is 1.58. The first-order valence-electron chi connectivity index (χ1n) is 7.57. The van der Waals surface area contributed by atoms with Crippen LogP contribution in [-0.4, -0.2) is 30.8 Å². The highest BCUT2D eigenvalue weighted by molar-refractivity contribution is 5.99. The molecule has 5 heteroatoms. The molecule has 0 saturated carbocycles. The van der Waals surface area contributed by atoms with Gasteiger partial charge in [0, 0.05) is 19.5 Å². The van der Waals surface area contributed by atoms with E-state index >= 15 is 0 Å². The highest BCUT2D eigenvalue weighted by atomic mass is 16.5. The van der Waals surface area contributed by atoms with Gasteiger partial charge in [-0.1, -0.05) is 12.1 Å². The van der Waals surface area contributed by atoms with E-state index in [0.717, 1.165) is 11.3 Å². The number of hydrogen-bond acceptors (Lipinski definition) is 4. The summed E-state index contributed by atoms with van der Waals surface area (Å²) in [6, 6.07) is 12.4. The zero-order valence-electron chi connectivity index (χ0n) is 13.2. The Balaban J connectivity index is 1.78. The Hall–Kier alpha value is -2.69. The van der Waals surface area contributed by atoms with Gasteiger partial charge in [-0.15, -0.1) is 0 Å². The molecule has 0 spiro atoms. The average molecular weight is 313 g/mol. The molecule has 0 saturated heterocycles. The van der Waals surface area contributed by atoms with Crippen LogP contribution < -0.4 is 14.4 Å². The third kappa shape index (κ3) is 3.08. The third-order valence-electron chi connectivity index (χ3n) is 3.83. The summed E-state index contributed by atoms with van der Waals surface area (Å²) in [4.78, 5) is 14.0. The topological polar surface area (TPSA) is 59.0 Å². The third-order valence-corrected chi connectivity index (χ3v) is 3.83. The van der Waals surface area contributed by atoms with Crippen LogP contribution in [-0.2, 0) is 11.2 Å². The van der Waals surface area contributed by atoms with Crippen molar-refractivity contribution in [3.63, 3.8) is 0 Å². The highest BCUT2D eigenvalue weighted by Gasteiger charge is 2.32. The lowest BCUT2D eigenvalue weighted by Gasteiger charge is -2.32. The zero-order valence-corrected chi connectivity index (χ0v) is 13.2. The summed E-state index contributed by atoms with van der Waals surface area (Å²) in [5.74, 6) is 1.39. The molecule has 1 unspecified atom stereocenters. The standard InChI is InChI=1S/C18H19NO4/c1-3-22-14-7-4-12(5-8-14)10-17-18(21)19(2)15-11-13(20)6-9-16(15)23-17/h4-9,11,17,20H,3,10H2,1-2H3. The Labute approximate surface area is 135 Å². The Morgan fingerprint density at radius 1 is 1.22 bits per heavy atom. The van der Waals surface area contributed by atoms with Crippen molar-refractivity contribution in [1.82, 2.24) is 0 Å². The van der Waals surface area contributed by atoms with Gasteiger partial charge in [0.05, 0.1) is 12.3 Å². The Morgan fingerprint density at radius 2 is 1.96 bits per heavy atom. The molecule has 5 nitrogen and oxygen atoms in total. The fourth-order valence-electron chi connectivity index (χ4n) is 2.64. The van der Waals surface area contributed by atoms with Gasteiger partial charge in [-0.2, -0.15) is 0 Å². The maximum atomic E-state index is 12.5. The SMILES string of the molecule is CCOc1ccc(CC2Oc3ccc(O)cc3N(C)C2=O)cc1. The first-order chi connectivity index (χ1) is 11.1. The largest absolute Gasteiger partial charge is 0.508 e. The second kappa shape index (κ2) is 6.20. The number of hydrogen-bond donors (Lipinski definition) is 1. The van der Waals surface area contributed by atoms with E-state index in [9.17, 15) is 9.90 Å². The van der Waals surface area contributed by atoms with E-state index in [-0.39, 0.29) is 11.7 Å². The number of benzene rings is 2. The predicted octanol–water partition coefficient (Wildman–Crippen LogP) is 2.76. The minimum absolute atomic E-state index is 0.108. The minimum atomic E-state index is -0.574. The molecule has 3 rings (SSSR count). The van der Waals surface area contributed by atoms with Crippen molar-refractivity contribution in [3.8, 4) is 17.2 Å². The van der Waals surface area contributed by atoms with Crippen molar-refractivity contribution in [2.45, 2.75) is 19.4 Å². The van der Waals surface area contributed by atoms with Crippen molar-refractivity contribution >= 4 is 11.6 Å². The van der Waals surface area contributed by atoms with Crippen LogP contribution in [0.15, 0.2) is 42.5 Å². The number of carbonyl (C=O) groups is 1. The van der Waals surface area contributed by atoms with E-state index in [1.807, 2.05) is 31.2 Å². The molecule has 1 atom stereocenters. The lowest BCUT2D eigenvalue weighted by atomic mass is 10.0. The smallest absolute Gasteiger partial charge is 0.268 e. The Bertz CT molecular complexity index is 711. The summed E-state index contributed by atoms with van der Waals surface area (Å²) in [6.07, 6.45) is -0.0920. The van der Waals surface area contributed by atoms with E-state index in [4.69, 9.17) is 9.47 Å². The summed E-state index contributed by atoms with van der Waals surface area (Å²) in [7, 11) is 1.69. The molecule has 1 N–H and O–H groups in total. The van der Waals surface area contributed by atoms with Gasteiger partial charge in [0.1, 0.15) is 17.2 Å². The Morgan fingerprint density at radius 3 is 2.65 bits per heavy atom. The van der Waals surface area contributed by atoms with Crippen molar-refractivity contribution < 1.29 is 19.4 Å². The van der Waals surface area contributed by atoms with Crippen LogP contribution in [0.3, 0.4) is 0 Å². The summed E-state index contributed by atoms with van der Waals surface area (Å²) in [5, 5.41) is 9.56. The number of anilines is 1. The number of phenols is 1. The normalized spacial score (nSPS) is 16.7. The maximum Gasteiger partial charge on any atom is 0.268 e. The van der Waals surface area contributed by atoms with Crippen LogP contribution in [0.1, 0.15) is 12.5 Å². The molecule has 1 aliphatic heterocycles. The van der Waals surface area contributed by atoms with Crippen LogP contribution in [0.2, 0.25) is 0 Å². The van der Waals surface area contributed by atoms with Gasteiger partial charge in [-0.3, -0.25) is 4.79 Å². The molecule has 120 valence electrons. The minimum Gasteiger partial charge on any atom is -0.508 e. The van der Waals surface area contributed by atoms with E-state index < -0.39 is 6.10 Å². The molecule has 0 fully saturated rings. The lowest BCUT2D eigenvalue weighted by Crippen LogP contribution is -2.44. The van der Waals surface area contributed by atoms with Gasteiger partial charge in [-0.25, -0.2) is 0 Å². The molecular weight excluding hydrogens is 294 g/mol. The van der Waals surface area contributed by atoms with Crippen LogP contribution in [0.4, 0.5) is 5.69 Å². The summed E-state index contributed by atoms with van der Waals surface area (Å²) < 4.78 is 11.2. The van der Waals surface area contributed by atoms with Crippen molar-refractivity contribution in [1.29, 1.82) is 0 Å². The Kier molecular flexibility index (Phi) is 4.10. The monoisotopic (exact) mass is 313 g/mol. The second-order valence-corrected chi connectivity index (χ2v) is 5.44. The van der Waals surface area contributed by atoms with Gasteiger partial charge in [0.2, 0.25) is 0 Å². The van der Waals surface area contributed by atoms with Gasteiger partial charge in [-0.05, 0) is 36.8 Å². The predicted molar refractivity (Wildman–Crippen MR) is 87.2 cm³/mol. The van der Waals surface area contributed by atoms with Crippen molar-refractivity contribution in [2.75, 3.05) is 18.6 Å². The average Bonchev–Trinajstić information content (AvgIpc) is 2.55. The molecule has 0 bridgehead atoms. The summed E-state index contributed by atoms with van der Waals surface area (Å²) in [6.45, 7) is 2.56. The molecular formula is C18H19NO4. The molecule has 1 aliphatic rings. The molecule has 1 heterocycles. The van der Waals surface area contributed by atoms with Crippen LogP contribution in [0.5, 0.6) is 17.2 Å². The molecule has 1 amide bonds. The first kappa shape index (κ1) is 15.2. The number of phenolic OH excluding ortho intramolecular Hbond substituents is 1.